The molecule has 0 bridgehead atoms. The van der Waals surface area contributed by atoms with Crippen molar-refractivity contribution in [1.82, 2.24) is 0 Å². The topological polar surface area (TPSA) is 0 Å². The highest BCUT2D eigenvalue weighted by Gasteiger charge is 2.37. The van der Waals surface area contributed by atoms with Gasteiger partial charge in [0.1, 0.15) is 0 Å². The van der Waals surface area contributed by atoms with E-state index >= 15 is 0 Å². The van der Waals surface area contributed by atoms with Crippen LogP contribution in [-0.2, 0) is 17.3 Å². The van der Waals surface area contributed by atoms with E-state index in [1.807, 2.05) is 0 Å². The summed E-state index contributed by atoms with van der Waals surface area (Å²) in [6, 6.07) is 17.9. The monoisotopic (exact) mass is 318 g/mol. The van der Waals surface area contributed by atoms with Gasteiger partial charge in [0.15, 0.2) is 0 Å². The van der Waals surface area contributed by atoms with Crippen molar-refractivity contribution in [3.05, 3.63) is 83.4 Å². The Hall–Kier alpha value is -1.82. The van der Waals surface area contributed by atoms with Crippen LogP contribution in [0.25, 0.3) is 0 Å². The second-order valence-electron chi connectivity index (χ2n) is 8.60. The van der Waals surface area contributed by atoms with E-state index in [0.717, 1.165) is 6.42 Å². The van der Waals surface area contributed by atoms with E-state index in [1.54, 1.807) is 0 Å². The fourth-order valence-electron chi connectivity index (χ4n) is 4.04. The number of hydrogen-bond acceptors (Lipinski definition) is 0. The SMILES string of the molecule is C=CC(Cc1ccccc1)c1ccc2c(c1)C(C)(C)CCC2(C)C. The Morgan fingerprint density at radius 3 is 2.17 bits per heavy atom. The standard InChI is InChI=1S/C24H30/c1-6-19(16-18-10-8-7-9-11-18)20-12-13-21-22(17-20)24(4,5)15-14-23(21,2)3/h6-13,17,19H,1,14-16H2,2-5H3. The zero-order valence-electron chi connectivity index (χ0n) is 15.6. The number of benzene rings is 2. The van der Waals surface area contributed by atoms with Crippen molar-refractivity contribution < 1.29 is 0 Å². The molecule has 0 amide bonds. The molecule has 1 aliphatic carbocycles. The zero-order valence-corrected chi connectivity index (χ0v) is 15.6. The van der Waals surface area contributed by atoms with Crippen molar-refractivity contribution in [2.24, 2.45) is 0 Å². The van der Waals surface area contributed by atoms with Crippen molar-refractivity contribution >= 4 is 0 Å². The Kier molecular flexibility index (Phi) is 4.42. The van der Waals surface area contributed by atoms with E-state index in [0.29, 0.717) is 5.92 Å². The van der Waals surface area contributed by atoms with E-state index in [-0.39, 0.29) is 10.8 Å². The van der Waals surface area contributed by atoms with Crippen molar-refractivity contribution in [1.29, 1.82) is 0 Å². The summed E-state index contributed by atoms with van der Waals surface area (Å²) in [5.74, 6) is 0.374. The lowest BCUT2D eigenvalue weighted by Crippen LogP contribution is -2.34. The highest BCUT2D eigenvalue weighted by atomic mass is 14.4. The van der Waals surface area contributed by atoms with Gasteiger partial charge >= 0.3 is 0 Å². The van der Waals surface area contributed by atoms with Gasteiger partial charge in [-0.05, 0) is 52.3 Å². The van der Waals surface area contributed by atoms with Crippen LogP contribution in [0.5, 0.6) is 0 Å². The van der Waals surface area contributed by atoms with Gasteiger partial charge in [-0.1, -0.05) is 82.3 Å². The van der Waals surface area contributed by atoms with Gasteiger partial charge in [-0.15, -0.1) is 6.58 Å². The Morgan fingerprint density at radius 1 is 0.917 bits per heavy atom. The van der Waals surface area contributed by atoms with Gasteiger partial charge in [-0.2, -0.15) is 0 Å². The lowest BCUT2D eigenvalue weighted by molar-refractivity contribution is 0.331. The first-order valence-corrected chi connectivity index (χ1v) is 9.15. The molecular weight excluding hydrogens is 288 g/mol. The molecule has 1 unspecified atom stereocenters. The molecule has 0 N–H and O–H groups in total. The normalized spacial score (nSPS) is 19.3. The van der Waals surface area contributed by atoms with Crippen LogP contribution < -0.4 is 0 Å². The smallest absolute Gasteiger partial charge is 0.00558 e. The lowest BCUT2D eigenvalue weighted by atomic mass is 9.62. The summed E-state index contributed by atoms with van der Waals surface area (Å²) >= 11 is 0. The minimum absolute atomic E-state index is 0.263. The molecule has 24 heavy (non-hydrogen) atoms. The molecule has 0 fully saturated rings. The first-order chi connectivity index (χ1) is 11.3. The Bertz CT molecular complexity index is 719. The van der Waals surface area contributed by atoms with Crippen molar-refractivity contribution in [2.75, 3.05) is 0 Å². The number of fused-ring (bicyclic) bond motifs is 1. The number of hydrogen-bond donors (Lipinski definition) is 0. The molecule has 0 nitrogen and oxygen atoms in total. The Balaban J connectivity index is 1.98. The highest BCUT2D eigenvalue weighted by Crippen LogP contribution is 2.46. The maximum Gasteiger partial charge on any atom is 0.00558 e. The summed E-state index contributed by atoms with van der Waals surface area (Å²) < 4.78 is 0. The molecule has 0 saturated carbocycles. The summed E-state index contributed by atoms with van der Waals surface area (Å²) in [6.45, 7) is 13.7. The summed E-state index contributed by atoms with van der Waals surface area (Å²) in [7, 11) is 0. The largest absolute Gasteiger partial charge is 0.102 e. The molecule has 0 spiro atoms. The Labute approximate surface area is 147 Å². The number of allylic oxidation sites excluding steroid dienone is 1. The van der Waals surface area contributed by atoms with Crippen LogP contribution in [0.1, 0.15) is 68.7 Å². The molecule has 1 aliphatic rings. The van der Waals surface area contributed by atoms with Crippen LogP contribution >= 0.6 is 0 Å². The van der Waals surface area contributed by atoms with Gasteiger partial charge in [0.2, 0.25) is 0 Å². The first kappa shape index (κ1) is 17.0. The molecular formula is C24H30. The molecule has 0 radical (unpaired) electrons. The summed E-state index contributed by atoms with van der Waals surface area (Å²) in [4.78, 5) is 0. The molecule has 2 aromatic rings. The van der Waals surface area contributed by atoms with Crippen LogP contribution in [-0.4, -0.2) is 0 Å². The Morgan fingerprint density at radius 2 is 1.54 bits per heavy atom. The highest BCUT2D eigenvalue weighted by molar-refractivity contribution is 5.45. The molecule has 0 heterocycles. The average Bonchev–Trinajstić information content (AvgIpc) is 2.57. The second kappa shape index (κ2) is 6.24. The zero-order chi connectivity index (χ0) is 17.4. The van der Waals surface area contributed by atoms with E-state index in [1.165, 1.54) is 35.1 Å². The van der Waals surface area contributed by atoms with E-state index in [4.69, 9.17) is 0 Å². The van der Waals surface area contributed by atoms with E-state index in [2.05, 4.69) is 88.9 Å². The fraction of sp³-hybridized carbons (Fsp3) is 0.417. The molecule has 0 saturated heterocycles. The van der Waals surface area contributed by atoms with Crippen LogP contribution in [0.3, 0.4) is 0 Å². The summed E-state index contributed by atoms with van der Waals surface area (Å²) in [5, 5.41) is 0. The lowest BCUT2D eigenvalue weighted by Gasteiger charge is -2.42. The number of rotatable bonds is 4. The first-order valence-electron chi connectivity index (χ1n) is 9.15. The molecule has 1 atom stereocenters. The minimum atomic E-state index is 0.263. The predicted molar refractivity (Wildman–Crippen MR) is 105 cm³/mol. The van der Waals surface area contributed by atoms with Crippen LogP contribution in [0.2, 0.25) is 0 Å². The third kappa shape index (κ3) is 3.20. The van der Waals surface area contributed by atoms with E-state index < -0.39 is 0 Å². The van der Waals surface area contributed by atoms with Crippen molar-refractivity contribution in [3.63, 3.8) is 0 Å². The maximum absolute atomic E-state index is 4.11. The predicted octanol–water partition coefficient (Wildman–Crippen LogP) is 6.55. The third-order valence-electron chi connectivity index (χ3n) is 5.89. The molecule has 0 aliphatic heterocycles. The van der Waals surface area contributed by atoms with Gasteiger partial charge < -0.3 is 0 Å². The van der Waals surface area contributed by atoms with Gasteiger partial charge in [-0.25, -0.2) is 0 Å². The van der Waals surface area contributed by atoms with Crippen molar-refractivity contribution in [2.45, 2.75) is 63.7 Å². The van der Waals surface area contributed by atoms with Crippen LogP contribution in [0.4, 0.5) is 0 Å². The summed E-state index contributed by atoms with van der Waals surface area (Å²) in [5.41, 5.74) is 6.39. The third-order valence-corrected chi connectivity index (χ3v) is 5.89. The molecule has 0 heteroatoms. The van der Waals surface area contributed by atoms with Crippen molar-refractivity contribution in [3.8, 4) is 0 Å². The van der Waals surface area contributed by atoms with Gasteiger partial charge in [-0.3, -0.25) is 0 Å². The van der Waals surface area contributed by atoms with E-state index in [9.17, 15) is 0 Å². The molecule has 0 aromatic heterocycles. The molecule has 2 aromatic carbocycles. The maximum atomic E-state index is 4.11. The minimum Gasteiger partial charge on any atom is -0.102 e. The molecule has 126 valence electrons. The second-order valence-corrected chi connectivity index (χ2v) is 8.60. The fourth-order valence-corrected chi connectivity index (χ4v) is 4.04. The quantitative estimate of drug-likeness (QED) is 0.561. The van der Waals surface area contributed by atoms with Gasteiger partial charge in [0.05, 0.1) is 0 Å². The average molecular weight is 319 g/mol. The van der Waals surface area contributed by atoms with Crippen LogP contribution in [0.15, 0.2) is 61.2 Å². The van der Waals surface area contributed by atoms with Gasteiger partial charge in [0.25, 0.3) is 0 Å². The molecule has 3 rings (SSSR count). The van der Waals surface area contributed by atoms with Crippen LogP contribution in [0, 0.1) is 0 Å². The van der Waals surface area contributed by atoms with Gasteiger partial charge in [0, 0.05) is 5.92 Å². The summed E-state index contributed by atoms with van der Waals surface area (Å²) in [6.07, 6.45) is 5.65.